The average Bonchev–Trinajstić information content (AvgIpc) is 2.89. The molecule has 0 spiro atoms. The summed E-state index contributed by atoms with van der Waals surface area (Å²) in [6.07, 6.45) is 2.30. The Bertz CT molecular complexity index is 1520. The maximum absolute atomic E-state index is 13.4. The summed E-state index contributed by atoms with van der Waals surface area (Å²) in [6.45, 7) is 0.418. The van der Waals surface area contributed by atoms with Crippen LogP contribution in [0.3, 0.4) is 0 Å². The lowest BCUT2D eigenvalue weighted by atomic mass is 10.2. The van der Waals surface area contributed by atoms with E-state index in [1.54, 1.807) is 18.3 Å². The van der Waals surface area contributed by atoms with Gasteiger partial charge in [-0.1, -0.05) is 35.3 Å². The smallest absolute Gasteiger partial charge is 0.243 e. The first-order valence-electron chi connectivity index (χ1n) is 11.8. The van der Waals surface area contributed by atoms with Gasteiger partial charge in [0.05, 0.1) is 17.0 Å². The Labute approximate surface area is 230 Å². The summed E-state index contributed by atoms with van der Waals surface area (Å²) in [5.74, 6) is -0.885. The highest BCUT2D eigenvalue weighted by Crippen LogP contribution is 2.24. The van der Waals surface area contributed by atoms with Gasteiger partial charge in [-0.05, 0) is 72.6 Å². The second-order valence-electron chi connectivity index (χ2n) is 8.50. The fourth-order valence-electron chi connectivity index (χ4n) is 3.81. The van der Waals surface area contributed by atoms with Crippen LogP contribution >= 0.6 is 23.2 Å². The predicted octanol–water partition coefficient (Wildman–Crippen LogP) is 5.49. The number of amides is 1. The molecule has 0 fully saturated rings. The maximum atomic E-state index is 13.4. The van der Waals surface area contributed by atoms with E-state index in [2.05, 4.69) is 15.6 Å². The Balaban J connectivity index is 1.36. The summed E-state index contributed by atoms with van der Waals surface area (Å²) in [5.41, 5.74) is 2.23. The molecule has 0 aliphatic heterocycles. The van der Waals surface area contributed by atoms with Crippen molar-refractivity contribution in [3.05, 3.63) is 100 Å². The van der Waals surface area contributed by atoms with Crippen LogP contribution < -0.4 is 10.6 Å². The van der Waals surface area contributed by atoms with Gasteiger partial charge in [-0.2, -0.15) is 4.31 Å². The molecule has 0 aliphatic carbocycles. The summed E-state index contributed by atoms with van der Waals surface area (Å²) < 4.78 is 41.0. The van der Waals surface area contributed by atoms with Gasteiger partial charge in [-0.15, -0.1) is 0 Å². The van der Waals surface area contributed by atoms with Crippen LogP contribution in [-0.4, -0.2) is 43.2 Å². The molecule has 198 valence electrons. The minimum atomic E-state index is -4.02. The number of hydrogen-bond acceptors (Lipinski definition) is 5. The van der Waals surface area contributed by atoms with E-state index in [1.165, 1.54) is 48.5 Å². The van der Waals surface area contributed by atoms with Crippen molar-refractivity contribution in [2.45, 2.75) is 17.9 Å². The van der Waals surface area contributed by atoms with E-state index in [0.29, 0.717) is 35.1 Å². The molecule has 3 aromatic carbocycles. The van der Waals surface area contributed by atoms with Crippen LogP contribution in [0.2, 0.25) is 10.0 Å². The van der Waals surface area contributed by atoms with Crippen LogP contribution in [0.5, 0.6) is 0 Å². The molecule has 0 aliphatic rings. The van der Waals surface area contributed by atoms with Gasteiger partial charge in [0.1, 0.15) is 5.82 Å². The van der Waals surface area contributed by atoms with Crippen LogP contribution in [0.25, 0.3) is 10.9 Å². The zero-order valence-electron chi connectivity index (χ0n) is 20.2. The number of nitrogens with one attached hydrogen (secondary N) is 2. The number of fused-ring (bicyclic) bond motifs is 1. The molecule has 1 aromatic heterocycles. The highest BCUT2D eigenvalue weighted by Gasteiger charge is 2.27. The van der Waals surface area contributed by atoms with Gasteiger partial charge in [0.25, 0.3) is 0 Å². The van der Waals surface area contributed by atoms with Crippen molar-refractivity contribution in [1.82, 2.24) is 14.6 Å². The minimum Gasteiger partial charge on any atom is -0.384 e. The van der Waals surface area contributed by atoms with E-state index in [-0.39, 0.29) is 11.4 Å². The topological polar surface area (TPSA) is 91.4 Å². The number of halogens is 3. The predicted molar refractivity (Wildman–Crippen MR) is 148 cm³/mol. The molecule has 0 saturated heterocycles. The molecular weight excluding hydrogens is 550 g/mol. The number of carbonyl (C=O) groups is 1. The van der Waals surface area contributed by atoms with Crippen molar-refractivity contribution in [1.29, 1.82) is 0 Å². The van der Waals surface area contributed by atoms with E-state index >= 15 is 0 Å². The summed E-state index contributed by atoms with van der Waals surface area (Å²) >= 11 is 11.9. The Hall–Kier alpha value is -3.24. The van der Waals surface area contributed by atoms with Gasteiger partial charge in [-0.25, -0.2) is 12.8 Å². The molecule has 0 radical (unpaired) electrons. The molecule has 1 heterocycles. The van der Waals surface area contributed by atoms with Gasteiger partial charge in [0, 0.05) is 46.9 Å². The van der Waals surface area contributed by atoms with Crippen molar-refractivity contribution < 1.29 is 17.6 Å². The molecule has 7 nitrogen and oxygen atoms in total. The first kappa shape index (κ1) is 27.8. The van der Waals surface area contributed by atoms with Gasteiger partial charge in [-0.3, -0.25) is 9.78 Å². The van der Waals surface area contributed by atoms with Crippen molar-refractivity contribution in [2.75, 3.05) is 25.0 Å². The quantitative estimate of drug-likeness (QED) is 0.231. The molecule has 38 heavy (non-hydrogen) atoms. The average molecular weight is 575 g/mol. The Morgan fingerprint density at radius 1 is 0.921 bits per heavy atom. The van der Waals surface area contributed by atoms with Crippen LogP contribution in [0, 0.1) is 5.82 Å². The number of pyridine rings is 1. The third kappa shape index (κ3) is 7.20. The third-order valence-corrected chi connectivity index (χ3v) is 8.03. The summed E-state index contributed by atoms with van der Waals surface area (Å²) in [7, 11) is -4.02. The minimum absolute atomic E-state index is 0.00637. The van der Waals surface area contributed by atoms with Crippen molar-refractivity contribution in [3.8, 4) is 0 Å². The second-order valence-corrected chi connectivity index (χ2v) is 11.3. The standard InChI is InChI=1S/C27H25Cl2FN4O3S/c28-20-4-9-23(10-5-20)38(36,37)34(17-19-2-7-22(30)8-3-19)18-27(35)33-14-1-13-31-25-12-15-32-26-16-21(29)6-11-24(25)26/h2-12,15-16H,1,13-14,17-18H2,(H,31,32)(H,33,35). The number of hydrogen-bond donors (Lipinski definition) is 2. The monoisotopic (exact) mass is 574 g/mol. The molecule has 1 amide bonds. The van der Waals surface area contributed by atoms with E-state index in [4.69, 9.17) is 23.2 Å². The van der Waals surface area contributed by atoms with Crippen molar-refractivity contribution in [2.24, 2.45) is 0 Å². The van der Waals surface area contributed by atoms with Gasteiger partial charge in [0.2, 0.25) is 15.9 Å². The number of rotatable bonds is 11. The van der Waals surface area contributed by atoms with Crippen LogP contribution in [0.1, 0.15) is 12.0 Å². The second kappa shape index (κ2) is 12.5. The Morgan fingerprint density at radius 2 is 1.63 bits per heavy atom. The molecule has 0 bridgehead atoms. The number of sulfonamides is 1. The highest BCUT2D eigenvalue weighted by molar-refractivity contribution is 7.89. The van der Waals surface area contributed by atoms with E-state index in [0.717, 1.165) is 20.9 Å². The maximum Gasteiger partial charge on any atom is 0.243 e. The lowest BCUT2D eigenvalue weighted by Crippen LogP contribution is -2.40. The van der Waals surface area contributed by atoms with E-state index in [1.807, 2.05) is 12.1 Å². The Morgan fingerprint density at radius 3 is 2.37 bits per heavy atom. The lowest BCUT2D eigenvalue weighted by Gasteiger charge is -2.22. The van der Waals surface area contributed by atoms with Crippen molar-refractivity contribution in [3.63, 3.8) is 0 Å². The number of anilines is 1. The van der Waals surface area contributed by atoms with Crippen molar-refractivity contribution >= 4 is 55.7 Å². The van der Waals surface area contributed by atoms with Crippen LogP contribution in [-0.2, 0) is 21.4 Å². The first-order chi connectivity index (χ1) is 18.2. The molecule has 0 unspecified atom stereocenters. The molecule has 4 rings (SSSR count). The van der Waals surface area contributed by atoms with Gasteiger partial charge in [0.15, 0.2) is 0 Å². The molecular formula is C27H25Cl2FN4O3S. The number of benzene rings is 3. The van der Waals surface area contributed by atoms with Crippen LogP contribution in [0.4, 0.5) is 10.1 Å². The van der Waals surface area contributed by atoms with Gasteiger partial charge >= 0.3 is 0 Å². The van der Waals surface area contributed by atoms with E-state index < -0.39 is 28.3 Å². The SMILES string of the molecule is O=C(CN(Cc1ccc(F)cc1)S(=O)(=O)c1ccc(Cl)cc1)NCCCNc1ccnc2cc(Cl)ccc12. The highest BCUT2D eigenvalue weighted by atomic mass is 35.5. The van der Waals surface area contributed by atoms with E-state index in [9.17, 15) is 17.6 Å². The summed E-state index contributed by atoms with van der Waals surface area (Å²) in [5, 5.41) is 8.04. The number of aromatic nitrogens is 1. The molecule has 0 saturated carbocycles. The zero-order chi connectivity index (χ0) is 27.1. The number of nitrogens with zero attached hydrogens (tertiary/aromatic N) is 2. The summed E-state index contributed by atoms with van der Waals surface area (Å²) in [6, 6.07) is 18.5. The third-order valence-electron chi connectivity index (χ3n) is 5.74. The first-order valence-corrected chi connectivity index (χ1v) is 14.0. The summed E-state index contributed by atoms with van der Waals surface area (Å²) in [4.78, 5) is 17.1. The normalized spacial score (nSPS) is 11.6. The fourth-order valence-corrected chi connectivity index (χ4v) is 5.48. The Kier molecular flexibility index (Phi) is 9.17. The number of carbonyl (C=O) groups excluding carboxylic acids is 1. The molecule has 2 N–H and O–H groups in total. The molecule has 0 atom stereocenters. The largest absolute Gasteiger partial charge is 0.384 e. The van der Waals surface area contributed by atoms with Crippen LogP contribution in [0.15, 0.2) is 83.9 Å². The fraction of sp³-hybridized carbons (Fsp3) is 0.185. The van der Waals surface area contributed by atoms with Gasteiger partial charge < -0.3 is 10.6 Å². The zero-order valence-corrected chi connectivity index (χ0v) is 22.5. The lowest BCUT2D eigenvalue weighted by molar-refractivity contribution is -0.121. The molecule has 11 heteroatoms. The molecule has 4 aromatic rings.